The predicted octanol–water partition coefficient (Wildman–Crippen LogP) is 4.37. The summed E-state index contributed by atoms with van der Waals surface area (Å²) in [4.78, 5) is 16.2. The minimum atomic E-state index is -0.200. The first-order chi connectivity index (χ1) is 8.95. The second kappa shape index (κ2) is 5.72. The van der Waals surface area contributed by atoms with Crippen molar-refractivity contribution in [3.05, 3.63) is 56.8 Å². The van der Waals surface area contributed by atoms with Gasteiger partial charge in [0.05, 0.1) is 11.9 Å². The number of halogens is 2. The lowest BCUT2D eigenvalue weighted by Gasteiger charge is -2.07. The number of hydrogen-bond acceptors (Lipinski definition) is 2. The van der Waals surface area contributed by atoms with E-state index >= 15 is 0 Å². The third kappa shape index (κ3) is 3.55. The summed E-state index contributed by atoms with van der Waals surface area (Å²) >= 11 is 9.26. The third-order valence-electron chi connectivity index (χ3n) is 2.58. The molecular weight excluding hydrogens is 328 g/mol. The lowest BCUT2D eigenvalue weighted by atomic mass is 10.1. The normalized spacial score (nSPS) is 10.3. The number of rotatable bonds is 2. The Labute approximate surface area is 125 Å². The van der Waals surface area contributed by atoms with E-state index in [1.54, 1.807) is 18.3 Å². The van der Waals surface area contributed by atoms with Crippen LogP contribution < -0.4 is 5.32 Å². The number of nitrogens with one attached hydrogen (secondary N) is 1. The molecule has 3 nitrogen and oxygen atoms in total. The lowest BCUT2D eigenvalue weighted by molar-refractivity contribution is 0.102. The van der Waals surface area contributed by atoms with Gasteiger partial charge in [-0.25, -0.2) is 4.98 Å². The van der Waals surface area contributed by atoms with Crippen molar-refractivity contribution < 1.29 is 4.79 Å². The molecule has 1 amide bonds. The van der Waals surface area contributed by atoms with E-state index in [0.717, 1.165) is 15.7 Å². The smallest absolute Gasteiger partial charge is 0.255 e. The fraction of sp³-hybridized carbons (Fsp3) is 0.143. The molecule has 2 rings (SSSR count). The molecule has 0 spiro atoms. The van der Waals surface area contributed by atoms with Crippen LogP contribution in [0.25, 0.3) is 0 Å². The molecule has 0 saturated carbocycles. The molecule has 1 aromatic heterocycles. The molecule has 1 N–H and O–H groups in total. The van der Waals surface area contributed by atoms with Gasteiger partial charge in [-0.15, -0.1) is 0 Å². The number of amides is 1. The van der Waals surface area contributed by atoms with Crippen LogP contribution in [0.4, 0.5) is 5.69 Å². The van der Waals surface area contributed by atoms with Crippen molar-refractivity contribution in [2.75, 3.05) is 5.32 Å². The molecule has 0 unspecified atom stereocenters. The van der Waals surface area contributed by atoms with E-state index in [1.807, 2.05) is 26.0 Å². The zero-order valence-electron chi connectivity index (χ0n) is 10.5. The Morgan fingerprint density at radius 2 is 2.00 bits per heavy atom. The fourth-order valence-corrected chi connectivity index (χ4v) is 2.20. The van der Waals surface area contributed by atoms with Crippen LogP contribution in [0, 0.1) is 13.8 Å². The molecule has 19 heavy (non-hydrogen) atoms. The number of pyridine rings is 1. The number of carbonyl (C=O) groups is 1. The number of carbonyl (C=O) groups excluding carboxylic acids is 1. The summed E-state index contributed by atoms with van der Waals surface area (Å²) in [6.45, 7) is 3.81. The number of benzene rings is 1. The minimum absolute atomic E-state index is 0.200. The Bertz CT molecular complexity index is 623. The van der Waals surface area contributed by atoms with Gasteiger partial charge in [0.15, 0.2) is 0 Å². The fourth-order valence-electron chi connectivity index (χ4n) is 1.70. The van der Waals surface area contributed by atoms with Gasteiger partial charge in [-0.1, -0.05) is 11.6 Å². The van der Waals surface area contributed by atoms with Gasteiger partial charge in [-0.2, -0.15) is 0 Å². The highest BCUT2D eigenvalue weighted by molar-refractivity contribution is 9.10. The van der Waals surface area contributed by atoms with Gasteiger partial charge in [-0.3, -0.25) is 4.79 Å². The minimum Gasteiger partial charge on any atom is -0.321 e. The predicted molar refractivity (Wildman–Crippen MR) is 80.8 cm³/mol. The Balaban J connectivity index is 2.22. The van der Waals surface area contributed by atoms with Gasteiger partial charge in [0.25, 0.3) is 5.91 Å². The van der Waals surface area contributed by atoms with Crippen LogP contribution >= 0.6 is 27.5 Å². The quantitative estimate of drug-likeness (QED) is 0.826. The molecule has 1 heterocycles. The number of aryl methyl sites for hydroxylation is 2. The maximum atomic E-state index is 12.1. The molecule has 98 valence electrons. The second-order valence-corrected chi connectivity index (χ2v) is 5.49. The maximum Gasteiger partial charge on any atom is 0.255 e. The molecule has 5 heteroatoms. The lowest BCUT2D eigenvalue weighted by Crippen LogP contribution is -2.12. The summed E-state index contributed by atoms with van der Waals surface area (Å²) in [6.07, 6.45) is 1.60. The molecule has 0 aliphatic rings. The molecule has 0 radical (unpaired) electrons. The highest BCUT2D eigenvalue weighted by atomic mass is 79.9. The topological polar surface area (TPSA) is 42.0 Å². The van der Waals surface area contributed by atoms with Crippen LogP contribution in [0.1, 0.15) is 21.5 Å². The summed E-state index contributed by atoms with van der Waals surface area (Å²) in [6, 6.07) is 7.10. The molecular formula is C14H12BrClN2O. The van der Waals surface area contributed by atoms with E-state index in [2.05, 4.69) is 26.2 Å². The first-order valence-electron chi connectivity index (χ1n) is 5.66. The first-order valence-corrected chi connectivity index (χ1v) is 6.83. The monoisotopic (exact) mass is 338 g/mol. The van der Waals surface area contributed by atoms with E-state index in [0.29, 0.717) is 16.3 Å². The Hall–Kier alpha value is -1.39. The number of aromatic nitrogens is 1. The SMILES string of the molecule is Cc1cc(Cl)cc(C(=O)Nc2cnc(Br)c(C)c2)c1. The zero-order chi connectivity index (χ0) is 14.0. The van der Waals surface area contributed by atoms with Gasteiger partial charge in [-0.05, 0) is 65.2 Å². The number of hydrogen-bond donors (Lipinski definition) is 1. The largest absolute Gasteiger partial charge is 0.321 e. The van der Waals surface area contributed by atoms with Crippen LogP contribution in [0.3, 0.4) is 0 Å². The molecule has 0 aliphatic carbocycles. The average molecular weight is 340 g/mol. The summed E-state index contributed by atoms with van der Waals surface area (Å²) < 4.78 is 0.768. The molecule has 0 bridgehead atoms. The highest BCUT2D eigenvalue weighted by Gasteiger charge is 2.08. The van der Waals surface area contributed by atoms with Crippen molar-refractivity contribution in [2.45, 2.75) is 13.8 Å². The van der Waals surface area contributed by atoms with Crippen molar-refractivity contribution in [2.24, 2.45) is 0 Å². The third-order valence-corrected chi connectivity index (χ3v) is 3.62. The summed E-state index contributed by atoms with van der Waals surface area (Å²) in [5, 5.41) is 3.35. The van der Waals surface area contributed by atoms with Gasteiger partial charge >= 0.3 is 0 Å². The first kappa shape index (κ1) is 14.0. The van der Waals surface area contributed by atoms with Gasteiger partial charge in [0, 0.05) is 10.6 Å². The van der Waals surface area contributed by atoms with E-state index in [1.165, 1.54) is 0 Å². The number of anilines is 1. The van der Waals surface area contributed by atoms with E-state index < -0.39 is 0 Å². The summed E-state index contributed by atoms with van der Waals surface area (Å²) in [7, 11) is 0. The van der Waals surface area contributed by atoms with Crippen LogP contribution in [0.15, 0.2) is 35.1 Å². The standard InChI is InChI=1S/C14H12BrClN2O/c1-8-3-10(6-11(16)4-8)14(19)18-12-5-9(2)13(15)17-7-12/h3-7H,1-2H3,(H,18,19). The average Bonchev–Trinajstić information content (AvgIpc) is 2.32. The van der Waals surface area contributed by atoms with Crippen molar-refractivity contribution in [3.63, 3.8) is 0 Å². The van der Waals surface area contributed by atoms with Gasteiger partial charge in [0.1, 0.15) is 4.60 Å². The van der Waals surface area contributed by atoms with E-state index in [-0.39, 0.29) is 5.91 Å². The Morgan fingerprint density at radius 3 is 2.63 bits per heavy atom. The highest BCUT2D eigenvalue weighted by Crippen LogP contribution is 2.19. The Morgan fingerprint density at radius 1 is 1.26 bits per heavy atom. The van der Waals surface area contributed by atoms with Crippen molar-refractivity contribution in [1.82, 2.24) is 4.98 Å². The molecule has 0 fully saturated rings. The summed E-state index contributed by atoms with van der Waals surface area (Å²) in [5.74, 6) is -0.200. The zero-order valence-corrected chi connectivity index (χ0v) is 12.8. The van der Waals surface area contributed by atoms with Crippen molar-refractivity contribution in [1.29, 1.82) is 0 Å². The van der Waals surface area contributed by atoms with Gasteiger partial charge in [0.2, 0.25) is 0 Å². The Kier molecular flexibility index (Phi) is 4.22. The number of nitrogens with zero attached hydrogens (tertiary/aromatic N) is 1. The maximum absolute atomic E-state index is 12.1. The molecule has 2 aromatic rings. The van der Waals surface area contributed by atoms with Gasteiger partial charge < -0.3 is 5.32 Å². The molecule has 1 aromatic carbocycles. The molecule has 0 saturated heterocycles. The van der Waals surface area contributed by atoms with Crippen LogP contribution in [0.2, 0.25) is 5.02 Å². The van der Waals surface area contributed by atoms with Crippen LogP contribution in [-0.4, -0.2) is 10.9 Å². The van der Waals surface area contributed by atoms with Crippen LogP contribution in [-0.2, 0) is 0 Å². The summed E-state index contributed by atoms with van der Waals surface area (Å²) in [5.41, 5.74) is 3.09. The van der Waals surface area contributed by atoms with E-state index in [4.69, 9.17) is 11.6 Å². The van der Waals surface area contributed by atoms with Crippen molar-refractivity contribution >= 4 is 39.1 Å². The molecule has 0 aliphatic heterocycles. The van der Waals surface area contributed by atoms with Crippen LogP contribution in [0.5, 0.6) is 0 Å². The molecule has 0 atom stereocenters. The van der Waals surface area contributed by atoms with E-state index in [9.17, 15) is 4.79 Å². The second-order valence-electron chi connectivity index (χ2n) is 4.30. The van der Waals surface area contributed by atoms with Crippen molar-refractivity contribution in [3.8, 4) is 0 Å².